The lowest BCUT2D eigenvalue weighted by molar-refractivity contribution is 0.0445. The molecule has 4 heteroatoms. The molecular formula is C12H17NO3. The zero-order valence-corrected chi connectivity index (χ0v) is 9.56. The average molecular weight is 223 g/mol. The van der Waals surface area contributed by atoms with E-state index < -0.39 is 12.1 Å². The van der Waals surface area contributed by atoms with Gasteiger partial charge in [-0.2, -0.15) is 0 Å². The first-order valence-electron chi connectivity index (χ1n) is 5.22. The third kappa shape index (κ3) is 3.55. The molecule has 0 radical (unpaired) electrons. The number of nitrogen functional groups attached to an aromatic ring is 1. The summed E-state index contributed by atoms with van der Waals surface area (Å²) in [6.45, 7) is 3.73. The largest absolute Gasteiger partial charge is 0.462 e. The lowest BCUT2D eigenvalue weighted by atomic mass is 10.1. The third-order valence-corrected chi connectivity index (χ3v) is 2.20. The highest BCUT2D eigenvalue weighted by Gasteiger charge is 2.11. The highest BCUT2D eigenvalue weighted by atomic mass is 16.5. The summed E-state index contributed by atoms with van der Waals surface area (Å²) >= 11 is 0. The van der Waals surface area contributed by atoms with Gasteiger partial charge in [0, 0.05) is 12.1 Å². The van der Waals surface area contributed by atoms with Crippen LogP contribution in [0.3, 0.4) is 0 Å². The van der Waals surface area contributed by atoms with Crippen molar-refractivity contribution < 1.29 is 14.6 Å². The fourth-order valence-corrected chi connectivity index (χ4v) is 1.25. The standard InChI is InChI=1S/C12H17NO3/c1-8-3-4-11(13)10(7-8)12(15)16-6-5-9(2)14/h3-4,7,9,14H,5-6,13H2,1-2H3. The van der Waals surface area contributed by atoms with Gasteiger partial charge in [-0.25, -0.2) is 4.79 Å². The van der Waals surface area contributed by atoms with Crippen molar-refractivity contribution in [2.75, 3.05) is 12.3 Å². The van der Waals surface area contributed by atoms with Crippen molar-refractivity contribution in [3.63, 3.8) is 0 Å². The molecule has 0 amide bonds. The second-order valence-corrected chi connectivity index (χ2v) is 3.86. The van der Waals surface area contributed by atoms with Gasteiger partial charge in [0.05, 0.1) is 18.3 Å². The Labute approximate surface area is 95.0 Å². The number of carbonyl (C=O) groups is 1. The number of esters is 1. The second-order valence-electron chi connectivity index (χ2n) is 3.86. The van der Waals surface area contributed by atoms with Crippen LogP contribution in [-0.2, 0) is 4.74 Å². The van der Waals surface area contributed by atoms with E-state index in [-0.39, 0.29) is 6.61 Å². The van der Waals surface area contributed by atoms with E-state index in [1.165, 1.54) is 0 Å². The molecule has 3 N–H and O–H groups in total. The fraction of sp³-hybridized carbons (Fsp3) is 0.417. The van der Waals surface area contributed by atoms with Gasteiger partial charge in [0.25, 0.3) is 0 Å². The Morgan fingerprint density at radius 2 is 2.25 bits per heavy atom. The van der Waals surface area contributed by atoms with Gasteiger partial charge in [-0.15, -0.1) is 0 Å². The van der Waals surface area contributed by atoms with E-state index in [4.69, 9.17) is 15.6 Å². The number of rotatable bonds is 4. The molecule has 1 unspecified atom stereocenters. The Kier molecular flexibility index (Phi) is 4.31. The van der Waals surface area contributed by atoms with Crippen molar-refractivity contribution in [2.24, 2.45) is 0 Å². The number of carbonyl (C=O) groups excluding carboxylic acids is 1. The predicted octanol–water partition coefficient (Wildman–Crippen LogP) is 1.50. The molecule has 0 aliphatic heterocycles. The van der Waals surface area contributed by atoms with Gasteiger partial charge in [-0.1, -0.05) is 11.6 Å². The van der Waals surface area contributed by atoms with E-state index in [0.717, 1.165) is 5.56 Å². The SMILES string of the molecule is Cc1ccc(N)c(C(=O)OCCC(C)O)c1. The Hall–Kier alpha value is -1.55. The number of ether oxygens (including phenoxy) is 1. The first-order valence-corrected chi connectivity index (χ1v) is 5.22. The van der Waals surface area contributed by atoms with Crippen LogP contribution < -0.4 is 5.73 Å². The maximum Gasteiger partial charge on any atom is 0.340 e. The normalized spacial score (nSPS) is 12.2. The summed E-state index contributed by atoms with van der Waals surface area (Å²) in [4.78, 5) is 11.6. The molecule has 4 nitrogen and oxygen atoms in total. The molecule has 0 aromatic heterocycles. The minimum Gasteiger partial charge on any atom is -0.462 e. The number of aryl methyl sites for hydroxylation is 1. The fourth-order valence-electron chi connectivity index (χ4n) is 1.25. The van der Waals surface area contributed by atoms with Crippen LogP contribution in [0, 0.1) is 6.92 Å². The summed E-state index contributed by atoms with van der Waals surface area (Å²) < 4.78 is 5.00. The Bertz CT molecular complexity index is 375. The van der Waals surface area contributed by atoms with Crippen LogP contribution in [-0.4, -0.2) is 23.8 Å². The topological polar surface area (TPSA) is 72.6 Å². The van der Waals surface area contributed by atoms with E-state index in [2.05, 4.69) is 0 Å². The van der Waals surface area contributed by atoms with Crippen LogP contribution in [0.2, 0.25) is 0 Å². The molecule has 0 fully saturated rings. The molecule has 16 heavy (non-hydrogen) atoms. The van der Waals surface area contributed by atoms with Gasteiger partial charge >= 0.3 is 5.97 Å². The van der Waals surface area contributed by atoms with Crippen LogP contribution in [0.25, 0.3) is 0 Å². The quantitative estimate of drug-likeness (QED) is 0.599. The Balaban J connectivity index is 2.62. The van der Waals surface area contributed by atoms with E-state index in [9.17, 15) is 4.79 Å². The predicted molar refractivity (Wildman–Crippen MR) is 62.2 cm³/mol. The molecule has 1 atom stereocenters. The molecule has 1 aromatic carbocycles. The molecule has 1 rings (SSSR count). The van der Waals surface area contributed by atoms with Crippen LogP contribution >= 0.6 is 0 Å². The molecule has 0 spiro atoms. The molecule has 0 saturated heterocycles. The molecule has 0 heterocycles. The molecule has 0 bridgehead atoms. The molecule has 88 valence electrons. The van der Waals surface area contributed by atoms with Crippen LogP contribution in [0.1, 0.15) is 29.3 Å². The van der Waals surface area contributed by atoms with Gasteiger partial charge in [0.2, 0.25) is 0 Å². The zero-order chi connectivity index (χ0) is 12.1. The number of aliphatic hydroxyl groups excluding tert-OH is 1. The maximum absolute atomic E-state index is 11.6. The van der Waals surface area contributed by atoms with Gasteiger partial charge < -0.3 is 15.6 Å². The van der Waals surface area contributed by atoms with Crippen molar-refractivity contribution in [1.82, 2.24) is 0 Å². The second kappa shape index (κ2) is 5.51. The highest BCUT2D eigenvalue weighted by molar-refractivity contribution is 5.95. The van der Waals surface area contributed by atoms with E-state index in [0.29, 0.717) is 17.7 Å². The smallest absolute Gasteiger partial charge is 0.340 e. The average Bonchev–Trinajstić information content (AvgIpc) is 2.21. The molecule has 0 aliphatic carbocycles. The number of hydrogen-bond acceptors (Lipinski definition) is 4. The van der Waals surface area contributed by atoms with E-state index in [1.54, 1.807) is 19.1 Å². The number of anilines is 1. The number of benzene rings is 1. The van der Waals surface area contributed by atoms with Crippen LogP contribution in [0.15, 0.2) is 18.2 Å². The minimum atomic E-state index is -0.470. The van der Waals surface area contributed by atoms with Crippen molar-refractivity contribution in [1.29, 1.82) is 0 Å². The third-order valence-electron chi connectivity index (χ3n) is 2.20. The van der Waals surface area contributed by atoms with Gasteiger partial charge in [0.15, 0.2) is 0 Å². The summed E-state index contributed by atoms with van der Waals surface area (Å²) in [5, 5.41) is 9.02. The maximum atomic E-state index is 11.6. The summed E-state index contributed by atoms with van der Waals surface area (Å²) in [5.74, 6) is -0.443. The first-order chi connectivity index (χ1) is 7.50. The van der Waals surface area contributed by atoms with E-state index in [1.807, 2.05) is 13.0 Å². The van der Waals surface area contributed by atoms with Gasteiger partial charge in [-0.3, -0.25) is 0 Å². The first kappa shape index (κ1) is 12.5. The lowest BCUT2D eigenvalue weighted by Crippen LogP contribution is -2.12. The van der Waals surface area contributed by atoms with Gasteiger partial charge in [0.1, 0.15) is 0 Å². The number of nitrogens with two attached hydrogens (primary N) is 1. The van der Waals surface area contributed by atoms with Crippen LogP contribution in [0.4, 0.5) is 5.69 Å². The monoisotopic (exact) mass is 223 g/mol. The summed E-state index contributed by atoms with van der Waals surface area (Å²) in [6, 6.07) is 5.21. The molecule has 0 saturated carbocycles. The Morgan fingerprint density at radius 3 is 2.88 bits per heavy atom. The number of aliphatic hydroxyl groups is 1. The Morgan fingerprint density at radius 1 is 1.56 bits per heavy atom. The van der Waals surface area contributed by atoms with Crippen molar-refractivity contribution in [2.45, 2.75) is 26.4 Å². The molecule has 0 aliphatic rings. The molecular weight excluding hydrogens is 206 g/mol. The van der Waals surface area contributed by atoms with Crippen molar-refractivity contribution in [3.8, 4) is 0 Å². The van der Waals surface area contributed by atoms with Crippen LogP contribution in [0.5, 0.6) is 0 Å². The summed E-state index contributed by atoms with van der Waals surface area (Å²) in [6.07, 6.45) is -0.0417. The number of hydrogen-bond donors (Lipinski definition) is 2. The summed E-state index contributed by atoms with van der Waals surface area (Å²) in [5.41, 5.74) is 7.42. The highest BCUT2D eigenvalue weighted by Crippen LogP contribution is 2.15. The van der Waals surface area contributed by atoms with Crippen molar-refractivity contribution >= 4 is 11.7 Å². The van der Waals surface area contributed by atoms with Gasteiger partial charge in [-0.05, 0) is 26.0 Å². The van der Waals surface area contributed by atoms with Crippen molar-refractivity contribution in [3.05, 3.63) is 29.3 Å². The summed E-state index contributed by atoms with van der Waals surface area (Å²) in [7, 11) is 0. The van der Waals surface area contributed by atoms with E-state index >= 15 is 0 Å². The zero-order valence-electron chi connectivity index (χ0n) is 9.56. The minimum absolute atomic E-state index is 0.198. The molecule has 1 aromatic rings. The lowest BCUT2D eigenvalue weighted by Gasteiger charge is -2.08.